The van der Waals surface area contributed by atoms with Gasteiger partial charge in [-0.25, -0.2) is 4.98 Å². The normalized spacial score (nSPS) is 15.4. The summed E-state index contributed by atoms with van der Waals surface area (Å²) >= 11 is 1.77. The molecule has 0 atom stereocenters. The molecule has 134 valence electrons. The Morgan fingerprint density at radius 1 is 1.20 bits per heavy atom. The highest BCUT2D eigenvalue weighted by Gasteiger charge is 2.22. The highest BCUT2D eigenvalue weighted by molar-refractivity contribution is 7.11. The zero-order valence-corrected chi connectivity index (χ0v) is 15.9. The van der Waals surface area contributed by atoms with E-state index >= 15 is 0 Å². The van der Waals surface area contributed by atoms with Gasteiger partial charge in [-0.05, 0) is 38.5 Å². The topological polar surface area (TPSA) is 45.7 Å². The summed E-state index contributed by atoms with van der Waals surface area (Å²) in [6.07, 6.45) is 0. The van der Waals surface area contributed by atoms with Crippen LogP contribution in [0.3, 0.4) is 0 Å². The Balaban J connectivity index is 1.44. The second-order valence-electron chi connectivity index (χ2n) is 6.51. The van der Waals surface area contributed by atoms with Crippen molar-refractivity contribution in [3.05, 3.63) is 45.4 Å². The van der Waals surface area contributed by atoms with E-state index in [9.17, 15) is 4.79 Å². The van der Waals surface area contributed by atoms with Gasteiger partial charge in [0, 0.05) is 31.1 Å². The monoisotopic (exact) mass is 359 g/mol. The van der Waals surface area contributed by atoms with Crippen LogP contribution in [0.15, 0.2) is 24.3 Å². The molecule has 0 saturated carbocycles. The van der Waals surface area contributed by atoms with Crippen molar-refractivity contribution < 1.29 is 9.53 Å². The first-order chi connectivity index (χ1) is 12.0. The van der Waals surface area contributed by atoms with Crippen LogP contribution in [-0.4, -0.2) is 53.5 Å². The van der Waals surface area contributed by atoms with Gasteiger partial charge < -0.3 is 9.64 Å². The third-order valence-electron chi connectivity index (χ3n) is 4.51. The molecule has 0 spiro atoms. The summed E-state index contributed by atoms with van der Waals surface area (Å²) in [6, 6.07) is 7.79. The lowest BCUT2D eigenvalue weighted by Crippen LogP contribution is -2.49. The van der Waals surface area contributed by atoms with Gasteiger partial charge in [-0.2, -0.15) is 0 Å². The van der Waals surface area contributed by atoms with Crippen molar-refractivity contribution in [1.82, 2.24) is 14.8 Å². The molecule has 1 aliphatic heterocycles. The zero-order chi connectivity index (χ0) is 17.8. The molecule has 1 amide bonds. The van der Waals surface area contributed by atoms with Crippen LogP contribution in [0.1, 0.15) is 21.1 Å². The van der Waals surface area contributed by atoms with Gasteiger partial charge in [-0.15, -0.1) is 11.3 Å². The second kappa shape index (κ2) is 7.97. The lowest BCUT2D eigenvalue weighted by atomic mass is 10.2. The number of nitrogens with zero attached hydrogens (tertiary/aromatic N) is 3. The largest absolute Gasteiger partial charge is 0.484 e. The number of ether oxygens (including phenoxy) is 1. The van der Waals surface area contributed by atoms with E-state index in [0.717, 1.165) is 54.7 Å². The maximum Gasteiger partial charge on any atom is 0.260 e. The van der Waals surface area contributed by atoms with Crippen LogP contribution >= 0.6 is 11.3 Å². The molecule has 2 aromatic rings. The summed E-state index contributed by atoms with van der Waals surface area (Å²) in [5.74, 6) is 0.809. The van der Waals surface area contributed by atoms with Gasteiger partial charge in [-0.3, -0.25) is 9.69 Å². The molecule has 0 aliphatic carbocycles. The first kappa shape index (κ1) is 17.9. The molecule has 1 aromatic heterocycles. The van der Waals surface area contributed by atoms with Gasteiger partial charge in [0.05, 0.1) is 12.2 Å². The summed E-state index contributed by atoms with van der Waals surface area (Å²) < 4.78 is 5.63. The van der Waals surface area contributed by atoms with E-state index in [-0.39, 0.29) is 12.5 Å². The molecule has 1 saturated heterocycles. The number of hydrogen-bond acceptors (Lipinski definition) is 5. The van der Waals surface area contributed by atoms with E-state index < -0.39 is 0 Å². The van der Waals surface area contributed by atoms with Crippen LogP contribution < -0.4 is 4.74 Å². The minimum Gasteiger partial charge on any atom is -0.484 e. The highest BCUT2D eigenvalue weighted by atomic mass is 32.1. The Labute approximate surface area is 153 Å². The van der Waals surface area contributed by atoms with E-state index in [0.29, 0.717) is 0 Å². The zero-order valence-electron chi connectivity index (χ0n) is 15.1. The standard InChI is InChI=1S/C19H25N3O2S/c1-14-5-4-6-17(11-14)24-13-19(23)22-9-7-21(8-10-22)12-18-20-15(2)16(3)25-18/h4-6,11H,7-10,12-13H2,1-3H3. The summed E-state index contributed by atoms with van der Waals surface area (Å²) in [5, 5.41) is 1.16. The average molecular weight is 359 g/mol. The number of thiazole rings is 1. The molecule has 0 bridgehead atoms. The van der Waals surface area contributed by atoms with E-state index in [1.807, 2.05) is 36.1 Å². The number of aryl methyl sites for hydroxylation is 3. The van der Waals surface area contributed by atoms with Crippen LogP contribution in [0.5, 0.6) is 5.75 Å². The third kappa shape index (κ3) is 4.80. The van der Waals surface area contributed by atoms with Gasteiger partial charge in [0.2, 0.25) is 0 Å². The molecule has 1 fully saturated rings. The smallest absolute Gasteiger partial charge is 0.260 e. The van der Waals surface area contributed by atoms with E-state index in [1.54, 1.807) is 11.3 Å². The van der Waals surface area contributed by atoms with Crippen LogP contribution in [0.4, 0.5) is 0 Å². The Morgan fingerprint density at radius 3 is 2.60 bits per heavy atom. The average Bonchev–Trinajstić information content (AvgIpc) is 2.91. The number of carbonyl (C=O) groups excluding carboxylic acids is 1. The SMILES string of the molecule is Cc1cccc(OCC(=O)N2CCN(Cc3nc(C)c(C)s3)CC2)c1. The molecule has 6 heteroatoms. The lowest BCUT2D eigenvalue weighted by Gasteiger charge is -2.34. The maximum atomic E-state index is 12.3. The number of aromatic nitrogens is 1. The number of carbonyl (C=O) groups is 1. The second-order valence-corrected chi connectivity index (χ2v) is 7.80. The van der Waals surface area contributed by atoms with E-state index in [2.05, 4.69) is 23.7 Å². The van der Waals surface area contributed by atoms with Crippen molar-refractivity contribution >= 4 is 17.2 Å². The molecular formula is C19H25N3O2S. The van der Waals surface area contributed by atoms with Gasteiger partial charge >= 0.3 is 0 Å². The molecular weight excluding hydrogens is 334 g/mol. The summed E-state index contributed by atoms with van der Waals surface area (Å²) in [6.45, 7) is 10.4. The number of hydrogen-bond donors (Lipinski definition) is 0. The Kier molecular flexibility index (Phi) is 5.71. The lowest BCUT2D eigenvalue weighted by molar-refractivity contribution is -0.135. The maximum absolute atomic E-state index is 12.3. The van der Waals surface area contributed by atoms with Crippen molar-refractivity contribution in [2.75, 3.05) is 32.8 Å². The Morgan fingerprint density at radius 2 is 1.96 bits per heavy atom. The first-order valence-electron chi connectivity index (χ1n) is 8.64. The number of rotatable bonds is 5. The van der Waals surface area contributed by atoms with Crippen LogP contribution in [-0.2, 0) is 11.3 Å². The van der Waals surface area contributed by atoms with Gasteiger partial charge in [0.15, 0.2) is 6.61 Å². The summed E-state index contributed by atoms with van der Waals surface area (Å²) in [4.78, 5) is 22.5. The minimum atomic E-state index is 0.0575. The van der Waals surface area contributed by atoms with Crippen molar-refractivity contribution in [2.45, 2.75) is 27.3 Å². The van der Waals surface area contributed by atoms with Crippen LogP contribution in [0, 0.1) is 20.8 Å². The minimum absolute atomic E-state index is 0.0575. The molecule has 1 aliphatic rings. The van der Waals surface area contributed by atoms with Gasteiger partial charge in [0.25, 0.3) is 5.91 Å². The highest BCUT2D eigenvalue weighted by Crippen LogP contribution is 2.19. The van der Waals surface area contributed by atoms with Crippen molar-refractivity contribution in [2.24, 2.45) is 0 Å². The number of amides is 1. The quantitative estimate of drug-likeness (QED) is 0.824. The molecule has 2 heterocycles. The van der Waals surface area contributed by atoms with Gasteiger partial charge in [0.1, 0.15) is 10.8 Å². The fourth-order valence-electron chi connectivity index (χ4n) is 2.89. The fraction of sp³-hybridized carbons (Fsp3) is 0.474. The number of piperazine rings is 1. The van der Waals surface area contributed by atoms with Crippen molar-refractivity contribution in [1.29, 1.82) is 0 Å². The van der Waals surface area contributed by atoms with E-state index in [1.165, 1.54) is 4.88 Å². The molecule has 25 heavy (non-hydrogen) atoms. The predicted octanol–water partition coefficient (Wildman–Crippen LogP) is 2.79. The van der Waals surface area contributed by atoms with Gasteiger partial charge in [-0.1, -0.05) is 12.1 Å². The summed E-state index contributed by atoms with van der Waals surface area (Å²) in [5.41, 5.74) is 2.26. The van der Waals surface area contributed by atoms with Crippen LogP contribution in [0.25, 0.3) is 0 Å². The molecule has 0 N–H and O–H groups in total. The van der Waals surface area contributed by atoms with Crippen molar-refractivity contribution in [3.8, 4) is 5.75 Å². The Bertz CT molecular complexity index is 717. The summed E-state index contributed by atoms with van der Waals surface area (Å²) in [7, 11) is 0. The molecule has 3 rings (SSSR count). The van der Waals surface area contributed by atoms with Crippen LogP contribution in [0.2, 0.25) is 0 Å². The first-order valence-corrected chi connectivity index (χ1v) is 9.45. The molecule has 0 unspecified atom stereocenters. The molecule has 0 radical (unpaired) electrons. The van der Waals surface area contributed by atoms with E-state index in [4.69, 9.17) is 4.74 Å². The molecule has 5 nitrogen and oxygen atoms in total. The Hall–Kier alpha value is -1.92. The number of benzene rings is 1. The molecule has 1 aromatic carbocycles. The predicted molar refractivity (Wildman–Crippen MR) is 100 cm³/mol. The third-order valence-corrected chi connectivity index (χ3v) is 5.57. The fourth-order valence-corrected chi connectivity index (χ4v) is 3.87. The van der Waals surface area contributed by atoms with Crippen molar-refractivity contribution in [3.63, 3.8) is 0 Å².